The average molecular weight is 519 g/mol. The number of halogens is 1. The molecule has 10 nitrogen and oxygen atoms in total. The maximum absolute atomic E-state index is 13.4. The van der Waals surface area contributed by atoms with Crippen molar-refractivity contribution in [2.45, 2.75) is 58.0 Å². The molecule has 4 atom stereocenters. The van der Waals surface area contributed by atoms with Crippen LogP contribution < -0.4 is 10.1 Å². The van der Waals surface area contributed by atoms with Crippen LogP contribution in [0.4, 0.5) is 4.39 Å². The summed E-state index contributed by atoms with van der Waals surface area (Å²) >= 11 is 0. The van der Waals surface area contributed by atoms with Crippen molar-refractivity contribution in [3.63, 3.8) is 0 Å². The monoisotopic (exact) mass is 518 g/mol. The number of pyridine rings is 1. The van der Waals surface area contributed by atoms with Crippen molar-refractivity contribution in [2.75, 3.05) is 13.7 Å². The summed E-state index contributed by atoms with van der Waals surface area (Å²) in [5.74, 6) is -3.31. The summed E-state index contributed by atoms with van der Waals surface area (Å²) in [5.41, 5.74) is 0.415. The number of aromatic nitrogens is 1. The molecular formula is C26H31FN2O8. The van der Waals surface area contributed by atoms with Crippen LogP contribution in [-0.4, -0.2) is 66.0 Å². The van der Waals surface area contributed by atoms with Crippen LogP contribution in [0.3, 0.4) is 0 Å². The molecule has 1 fully saturated rings. The lowest BCUT2D eigenvalue weighted by atomic mass is 10.00. The molecule has 2 heterocycles. The summed E-state index contributed by atoms with van der Waals surface area (Å²) < 4.78 is 35.7. The summed E-state index contributed by atoms with van der Waals surface area (Å²) in [7, 11) is 1.33. The van der Waals surface area contributed by atoms with Gasteiger partial charge >= 0.3 is 11.9 Å². The molecule has 1 amide bonds. The number of hydrogen-bond donors (Lipinski definition) is 2. The minimum atomic E-state index is -1.13. The lowest BCUT2D eigenvalue weighted by molar-refractivity contribution is -0.179. The lowest BCUT2D eigenvalue weighted by Gasteiger charge is -2.31. The first-order valence-electron chi connectivity index (χ1n) is 11.9. The number of amides is 1. The average Bonchev–Trinajstić information content (AvgIpc) is 2.91. The maximum atomic E-state index is 13.4. The summed E-state index contributed by atoms with van der Waals surface area (Å²) in [5, 5.41) is 12.8. The lowest BCUT2D eigenvalue weighted by Crippen LogP contribution is -2.46. The fourth-order valence-corrected chi connectivity index (χ4v) is 3.78. The summed E-state index contributed by atoms with van der Waals surface area (Å²) in [6.07, 6.45) is -1.02. The van der Waals surface area contributed by atoms with Crippen molar-refractivity contribution >= 4 is 17.8 Å². The number of cyclic esters (lactones) is 1. The van der Waals surface area contributed by atoms with E-state index in [-0.39, 0.29) is 36.7 Å². The number of aromatic hydroxyl groups is 1. The highest BCUT2D eigenvalue weighted by Gasteiger charge is 2.38. The number of carbonyl (C=O) groups excluding carboxylic acids is 3. The normalized spacial score (nSPS) is 22.3. The standard InChI is InChI=1S/C26H31FN2O8/c1-14(2)25(32)37-23-15(3)36-26(33)18(29-24(31)21-22(30)19(34-4)9-11-28-21)10-12-35-20(23)13-16-5-7-17(27)8-6-16/h5-9,11,14-15,18,20,23,30H,10,12-13H2,1-4H3,(H,29,31)/t15-,18-,20+,23-/m0/s1. The van der Waals surface area contributed by atoms with Crippen LogP contribution in [0, 0.1) is 11.7 Å². The molecule has 2 N–H and O–H groups in total. The quantitative estimate of drug-likeness (QED) is 0.531. The first-order chi connectivity index (χ1) is 17.6. The van der Waals surface area contributed by atoms with Crippen LogP contribution in [0.1, 0.15) is 43.2 Å². The van der Waals surface area contributed by atoms with Gasteiger partial charge in [-0.1, -0.05) is 26.0 Å². The first-order valence-corrected chi connectivity index (χ1v) is 11.9. The van der Waals surface area contributed by atoms with E-state index >= 15 is 0 Å². The van der Waals surface area contributed by atoms with Gasteiger partial charge in [-0.25, -0.2) is 14.2 Å². The van der Waals surface area contributed by atoms with Crippen molar-refractivity contribution < 1.29 is 42.8 Å². The highest BCUT2D eigenvalue weighted by molar-refractivity contribution is 5.97. The predicted octanol–water partition coefficient (Wildman–Crippen LogP) is 2.56. The Morgan fingerprint density at radius 3 is 2.59 bits per heavy atom. The van der Waals surface area contributed by atoms with E-state index in [1.165, 1.54) is 31.5 Å². The number of hydrogen-bond acceptors (Lipinski definition) is 9. The summed E-state index contributed by atoms with van der Waals surface area (Å²) in [6.45, 7) is 4.93. The molecule has 11 heteroatoms. The molecule has 1 aromatic carbocycles. The Labute approximate surface area is 214 Å². The van der Waals surface area contributed by atoms with Gasteiger partial charge < -0.3 is 29.4 Å². The van der Waals surface area contributed by atoms with Gasteiger partial charge in [0.05, 0.1) is 13.0 Å². The topological polar surface area (TPSA) is 133 Å². The van der Waals surface area contributed by atoms with Gasteiger partial charge in [-0.05, 0) is 24.6 Å². The third-order valence-corrected chi connectivity index (χ3v) is 5.86. The highest BCUT2D eigenvalue weighted by atomic mass is 19.1. The molecule has 1 aliphatic rings. The second kappa shape index (κ2) is 12.5. The number of benzene rings is 1. The predicted molar refractivity (Wildman–Crippen MR) is 128 cm³/mol. The molecule has 0 bridgehead atoms. The number of carbonyl (C=O) groups is 3. The fraction of sp³-hybridized carbons (Fsp3) is 0.462. The van der Waals surface area contributed by atoms with Gasteiger partial charge in [0.1, 0.15) is 24.1 Å². The van der Waals surface area contributed by atoms with Crippen molar-refractivity contribution in [3.05, 3.63) is 53.6 Å². The van der Waals surface area contributed by atoms with Crippen LogP contribution in [-0.2, 0) is 30.2 Å². The molecule has 0 radical (unpaired) electrons. The van der Waals surface area contributed by atoms with Gasteiger partial charge in [0, 0.05) is 31.7 Å². The zero-order valence-corrected chi connectivity index (χ0v) is 21.1. The minimum absolute atomic E-state index is 0.00583. The molecule has 0 aliphatic carbocycles. The molecule has 0 spiro atoms. The SMILES string of the molecule is COc1ccnc(C(=O)N[C@H]2CCO[C@H](Cc3ccc(F)cc3)[C@@H](OC(=O)C(C)C)[C@H](C)OC2=O)c1O. The highest BCUT2D eigenvalue weighted by Crippen LogP contribution is 2.28. The molecule has 1 aromatic heterocycles. The van der Waals surface area contributed by atoms with Gasteiger partial charge in [0.2, 0.25) is 0 Å². The van der Waals surface area contributed by atoms with E-state index < -0.39 is 53.9 Å². The largest absolute Gasteiger partial charge is 0.503 e. The number of nitrogens with one attached hydrogen (secondary N) is 1. The number of methoxy groups -OCH3 is 1. The molecule has 200 valence electrons. The van der Waals surface area contributed by atoms with E-state index in [0.717, 1.165) is 5.56 Å². The van der Waals surface area contributed by atoms with Crippen LogP contribution in [0.25, 0.3) is 0 Å². The Morgan fingerprint density at radius 2 is 1.95 bits per heavy atom. The van der Waals surface area contributed by atoms with Crippen LogP contribution in [0.2, 0.25) is 0 Å². The zero-order valence-electron chi connectivity index (χ0n) is 21.1. The third-order valence-electron chi connectivity index (χ3n) is 5.86. The van der Waals surface area contributed by atoms with Crippen molar-refractivity contribution in [1.82, 2.24) is 10.3 Å². The van der Waals surface area contributed by atoms with Crippen LogP contribution >= 0.6 is 0 Å². The van der Waals surface area contributed by atoms with Gasteiger partial charge in [-0.15, -0.1) is 0 Å². The third kappa shape index (κ3) is 7.16. The molecule has 0 unspecified atom stereocenters. The van der Waals surface area contributed by atoms with Gasteiger partial charge in [0.25, 0.3) is 5.91 Å². The van der Waals surface area contributed by atoms with Crippen molar-refractivity contribution in [3.8, 4) is 11.5 Å². The Balaban J connectivity index is 1.82. The molecule has 1 aliphatic heterocycles. The summed E-state index contributed by atoms with van der Waals surface area (Å²) in [4.78, 5) is 42.1. The molecule has 3 rings (SSSR count). The molecule has 37 heavy (non-hydrogen) atoms. The van der Waals surface area contributed by atoms with Gasteiger partial charge in [-0.3, -0.25) is 9.59 Å². The van der Waals surface area contributed by atoms with Crippen molar-refractivity contribution in [1.29, 1.82) is 0 Å². The Bertz CT molecular complexity index is 1110. The smallest absolute Gasteiger partial charge is 0.329 e. The Morgan fingerprint density at radius 1 is 1.24 bits per heavy atom. The van der Waals surface area contributed by atoms with Gasteiger partial charge in [0.15, 0.2) is 23.3 Å². The van der Waals surface area contributed by atoms with E-state index in [2.05, 4.69) is 10.3 Å². The molecule has 1 saturated heterocycles. The number of esters is 2. The van der Waals surface area contributed by atoms with Gasteiger partial charge in [-0.2, -0.15) is 0 Å². The second-order valence-electron chi connectivity index (χ2n) is 8.96. The molecular weight excluding hydrogens is 487 g/mol. The second-order valence-corrected chi connectivity index (χ2v) is 8.96. The minimum Gasteiger partial charge on any atom is -0.503 e. The summed E-state index contributed by atoms with van der Waals surface area (Å²) in [6, 6.07) is 6.08. The van der Waals surface area contributed by atoms with E-state index in [1.807, 2.05) is 0 Å². The van der Waals surface area contributed by atoms with E-state index in [1.54, 1.807) is 32.9 Å². The number of ether oxygens (including phenoxy) is 4. The van der Waals surface area contributed by atoms with Crippen LogP contribution in [0.15, 0.2) is 36.5 Å². The van der Waals surface area contributed by atoms with E-state index in [9.17, 15) is 23.9 Å². The Kier molecular flexibility index (Phi) is 9.40. The van der Waals surface area contributed by atoms with Crippen molar-refractivity contribution in [2.24, 2.45) is 5.92 Å². The fourth-order valence-electron chi connectivity index (χ4n) is 3.78. The molecule has 0 saturated carbocycles. The number of nitrogens with zero attached hydrogens (tertiary/aromatic N) is 1. The Hall–Kier alpha value is -3.73. The molecule has 2 aromatic rings. The van der Waals surface area contributed by atoms with Crippen LogP contribution in [0.5, 0.6) is 11.5 Å². The van der Waals surface area contributed by atoms with E-state index in [4.69, 9.17) is 18.9 Å². The number of rotatable bonds is 7. The van der Waals surface area contributed by atoms with E-state index in [0.29, 0.717) is 0 Å². The zero-order chi connectivity index (χ0) is 27.1. The maximum Gasteiger partial charge on any atom is 0.329 e. The first kappa shape index (κ1) is 27.9.